The third-order valence-corrected chi connectivity index (χ3v) is 4.71. The number of guanidine groups is 1. The van der Waals surface area contributed by atoms with Crippen LogP contribution in [0.4, 0.5) is 8.78 Å². The summed E-state index contributed by atoms with van der Waals surface area (Å²) >= 11 is 0. The van der Waals surface area contributed by atoms with Gasteiger partial charge in [0.15, 0.2) is 17.6 Å². The van der Waals surface area contributed by atoms with Crippen molar-refractivity contribution >= 4 is 5.96 Å². The van der Waals surface area contributed by atoms with Crippen molar-refractivity contribution in [3.63, 3.8) is 0 Å². The van der Waals surface area contributed by atoms with Crippen molar-refractivity contribution in [3.8, 4) is 0 Å². The van der Waals surface area contributed by atoms with E-state index in [1.807, 2.05) is 0 Å². The van der Waals surface area contributed by atoms with Gasteiger partial charge in [-0.15, -0.1) is 0 Å². The number of rotatable bonds is 6. The lowest BCUT2D eigenvalue weighted by Gasteiger charge is -2.27. The fraction of sp³-hybridized carbons (Fsp3) is 0.611. The molecule has 0 aromatic heterocycles. The molecular formula is C18H28F2N4. The molecule has 0 aliphatic carbocycles. The van der Waals surface area contributed by atoms with E-state index in [1.54, 1.807) is 13.1 Å². The second-order valence-electron chi connectivity index (χ2n) is 6.05. The molecule has 1 aromatic carbocycles. The zero-order valence-electron chi connectivity index (χ0n) is 14.9. The Morgan fingerprint density at radius 2 is 2.08 bits per heavy atom. The first-order valence-corrected chi connectivity index (χ1v) is 8.73. The Morgan fingerprint density at radius 3 is 2.75 bits per heavy atom. The highest BCUT2D eigenvalue weighted by Crippen LogP contribution is 2.16. The number of hydrogen-bond donors (Lipinski definition) is 1. The summed E-state index contributed by atoms with van der Waals surface area (Å²) in [6.07, 6.45) is 1.55. The number of nitrogens with one attached hydrogen (secondary N) is 1. The highest BCUT2D eigenvalue weighted by Gasteiger charge is 2.27. The van der Waals surface area contributed by atoms with E-state index in [4.69, 9.17) is 0 Å². The number of benzene rings is 1. The Bertz CT molecular complexity index is 558. The molecule has 1 aromatic rings. The van der Waals surface area contributed by atoms with Crippen LogP contribution in [-0.4, -0.2) is 61.6 Å². The van der Waals surface area contributed by atoms with Crippen molar-refractivity contribution < 1.29 is 8.78 Å². The zero-order chi connectivity index (χ0) is 17.5. The van der Waals surface area contributed by atoms with Gasteiger partial charge in [-0.1, -0.05) is 26.0 Å². The van der Waals surface area contributed by atoms with E-state index < -0.39 is 11.6 Å². The summed E-state index contributed by atoms with van der Waals surface area (Å²) in [6.45, 7) is 8.93. The molecule has 0 spiro atoms. The van der Waals surface area contributed by atoms with Crippen LogP contribution < -0.4 is 5.32 Å². The van der Waals surface area contributed by atoms with Crippen LogP contribution in [0.2, 0.25) is 0 Å². The summed E-state index contributed by atoms with van der Waals surface area (Å²) in [4.78, 5) is 9.04. The number of likely N-dealkylation sites (N-methyl/N-ethyl adjacent to an activating group) is 1. The third-order valence-electron chi connectivity index (χ3n) is 4.71. The lowest BCUT2D eigenvalue weighted by atomic mass is 10.1. The normalized spacial score (nSPS) is 18.5. The molecule has 1 atom stereocenters. The molecule has 4 nitrogen and oxygen atoms in total. The number of hydrogen-bond acceptors (Lipinski definition) is 2. The van der Waals surface area contributed by atoms with Gasteiger partial charge in [0.1, 0.15) is 0 Å². The molecular weight excluding hydrogens is 310 g/mol. The van der Waals surface area contributed by atoms with E-state index in [1.165, 1.54) is 6.07 Å². The van der Waals surface area contributed by atoms with Gasteiger partial charge in [0.25, 0.3) is 0 Å². The smallest absolute Gasteiger partial charge is 0.193 e. The molecule has 1 heterocycles. The van der Waals surface area contributed by atoms with Crippen molar-refractivity contribution in [1.82, 2.24) is 15.1 Å². The maximum Gasteiger partial charge on any atom is 0.193 e. The Balaban J connectivity index is 1.86. The number of likely N-dealkylation sites (tertiary alicyclic amines) is 1. The average molecular weight is 338 g/mol. The quantitative estimate of drug-likeness (QED) is 0.639. The van der Waals surface area contributed by atoms with Crippen molar-refractivity contribution in [3.05, 3.63) is 35.4 Å². The molecule has 6 heteroatoms. The van der Waals surface area contributed by atoms with Gasteiger partial charge < -0.3 is 10.2 Å². The van der Waals surface area contributed by atoms with E-state index in [9.17, 15) is 8.78 Å². The monoisotopic (exact) mass is 338 g/mol. The second-order valence-corrected chi connectivity index (χ2v) is 6.05. The first-order chi connectivity index (χ1) is 11.6. The molecule has 0 radical (unpaired) electrons. The number of nitrogens with zero attached hydrogens (tertiary/aromatic N) is 3. The predicted octanol–water partition coefficient (Wildman–Crippen LogP) is 2.50. The van der Waals surface area contributed by atoms with Crippen LogP contribution in [0.25, 0.3) is 0 Å². The zero-order valence-corrected chi connectivity index (χ0v) is 14.9. The minimum atomic E-state index is -0.793. The fourth-order valence-electron chi connectivity index (χ4n) is 3.36. The molecule has 0 bridgehead atoms. The molecule has 1 aliphatic heterocycles. The van der Waals surface area contributed by atoms with Crippen molar-refractivity contribution in [2.24, 2.45) is 4.99 Å². The van der Waals surface area contributed by atoms with Crippen LogP contribution in [0.3, 0.4) is 0 Å². The SMILES string of the molecule is CCN(CC)C1CCN(C(=NC)NCCc2cccc(F)c2F)C1. The lowest BCUT2D eigenvalue weighted by molar-refractivity contribution is 0.223. The van der Waals surface area contributed by atoms with E-state index in [0.717, 1.165) is 44.6 Å². The van der Waals surface area contributed by atoms with Crippen molar-refractivity contribution in [2.45, 2.75) is 32.7 Å². The third kappa shape index (κ3) is 4.44. The van der Waals surface area contributed by atoms with Crippen LogP contribution in [0.5, 0.6) is 0 Å². The van der Waals surface area contributed by atoms with Crippen LogP contribution >= 0.6 is 0 Å². The number of halogens is 2. The van der Waals surface area contributed by atoms with E-state index in [2.05, 4.69) is 34.0 Å². The predicted molar refractivity (Wildman–Crippen MR) is 94.3 cm³/mol. The lowest BCUT2D eigenvalue weighted by Crippen LogP contribution is -2.43. The summed E-state index contributed by atoms with van der Waals surface area (Å²) in [6, 6.07) is 4.86. The summed E-state index contributed by atoms with van der Waals surface area (Å²) in [7, 11) is 1.76. The van der Waals surface area contributed by atoms with E-state index in [-0.39, 0.29) is 0 Å². The molecule has 1 saturated heterocycles. The van der Waals surface area contributed by atoms with Gasteiger partial charge in [-0.05, 0) is 37.6 Å². The standard InChI is InChI=1S/C18H28F2N4/c1-4-23(5-2)15-10-12-24(13-15)18(21-3)22-11-9-14-7-6-8-16(19)17(14)20/h6-8,15H,4-5,9-13H2,1-3H3,(H,21,22). The van der Waals surface area contributed by atoms with E-state index >= 15 is 0 Å². The first kappa shape index (κ1) is 18.6. The summed E-state index contributed by atoms with van der Waals surface area (Å²) in [5.74, 6) is -0.711. The Morgan fingerprint density at radius 1 is 1.33 bits per heavy atom. The molecule has 1 aliphatic rings. The minimum absolute atomic E-state index is 0.389. The largest absolute Gasteiger partial charge is 0.356 e. The van der Waals surface area contributed by atoms with E-state index in [0.29, 0.717) is 24.6 Å². The molecule has 1 unspecified atom stereocenters. The van der Waals surface area contributed by atoms with Crippen LogP contribution in [0, 0.1) is 11.6 Å². The molecule has 0 saturated carbocycles. The Kier molecular flexibility index (Phi) is 6.97. The minimum Gasteiger partial charge on any atom is -0.356 e. The molecule has 24 heavy (non-hydrogen) atoms. The van der Waals surface area contributed by atoms with Crippen LogP contribution in [0.1, 0.15) is 25.8 Å². The molecule has 2 rings (SSSR count). The van der Waals surface area contributed by atoms with Crippen LogP contribution in [0.15, 0.2) is 23.2 Å². The molecule has 134 valence electrons. The van der Waals surface area contributed by atoms with Gasteiger partial charge in [-0.3, -0.25) is 9.89 Å². The molecule has 1 N–H and O–H groups in total. The van der Waals surface area contributed by atoms with Gasteiger partial charge in [-0.25, -0.2) is 8.78 Å². The summed E-state index contributed by atoms with van der Waals surface area (Å²) in [5, 5.41) is 3.27. The van der Waals surface area contributed by atoms with Crippen molar-refractivity contribution in [1.29, 1.82) is 0 Å². The van der Waals surface area contributed by atoms with Crippen LogP contribution in [-0.2, 0) is 6.42 Å². The maximum atomic E-state index is 13.7. The topological polar surface area (TPSA) is 30.9 Å². The number of aliphatic imine (C=N–C) groups is 1. The molecule has 1 fully saturated rings. The maximum absolute atomic E-state index is 13.7. The van der Waals surface area contributed by atoms with Crippen molar-refractivity contribution in [2.75, 3.05) is 39.8 Å². The Labute approximate surface area is 143 Å². The first-order valence-electron chi connectivity index (χ1n) is 8.73. The summed E-state index contributed by atoms with van der Waals surface area (Å²) in [5.41, 5.74) is 0.389. The van der Waals surface area contributed by atoms with Gasteiger partial charge >= 0.3 is 0 Å². The van der Waals surface area contributed by atoms with Gasteiger partial charge in [0.05, 0.1) is 0 Å². The summed E-state index contributed by atoms with van der Waals surface area (Å²) < 4.78 is 26.9. The Hall–Kier alpha value is -1.69. The van der Waals surface area contributed by atoms with Gasteiger partial charge in [0, 0.05) is 32.7 Å². The van der Waals surface area contributed by atoms with Gasteiger partial charge in [0.2, 0.25) is 0 Å². The fourth-order valence-corrected chi connectivity index (χ4v) is 3.36. The van der Waals surface area contributed by atoms with Gasteiger partial charge in [-0.2, -0.15) is 0 Å². The highest BCUT2D eigenvalue weighted by molar-refractivity contribution is 5.80. The second kappa shape index (κ2) is 8.97. The average Bonchev–Trinajstić information content (AvgIpc) is 3.06. The molecule has 0 amide bonds. The highest BCUT2D eigenvalue weighted by atomic mass is 19.2.